The molecule has 0 bridgehead atoms. The molecule has 0 heterocycles. The topological polar surface area (TPSA) is 29.5 Å². The summed E-state index contributed by atoms with van der Waals surface area (Å²) < 4.78 is 5.54. The lowest BCUT2D eigenvalue weighted by Gasteiger charge is -2.21. The predicted molar refractivity (Wildman–Crippen MR) is 71.1 cm³/mol. The molecule has 0 radical (unpaired) electrons. The zero-order valence-electron chi connectivity index (χ0n) is 11.1. The molecular weight excluding hydrogens is 212 g/mol. The first kappa shape index (κ1) is 14.2. The van der Waals surface area contributed by atoms with Crippen LogP contribution in [0.5, 0.6) is 0 Å². The Bertz CT molecular complexity index is 300. The van der Waals surface area contributed by atoms with Crippen LogP contribution < -0.4 is 0 Å². The lowest BCUT2D eigenvalue weighted by atomic mass is 10.1. The Morgan fingerprint density at radius 2 is 1.82 bits per heavy atom. The van der Waals surface area contributed by atoms with E-state index in [9.17, 15) is 5.11 Å². The Morgan fingerprint density at radius 3 is 2.41 bits per heavy atom. The molecule has 0 saturated heterocycles. The molecule has 0 aromatic heterocycles. The molecule has 96 valence electrons. The third-order valence-corrected chi connectivity index (χ3v) is 2.55. The second-order valence-corrected chi connectivity index (χ2v) is 5.46. The van der Waals surface area contributed by atoms with Gasteiger partial charge in [-0.1, -0.05) is 30.3 Å². The minimum absolute atomic E-state index is 0.166. The Kier molecular flexibility index (Phi) is 5.66. The normalized spacial score (nSPS) is 13.6. The van der Waals surface area contributed by atoms with E-state index >= 15 is 0 Å². The number of aliphatic hydroxyl groups is 1. The van der Waals surface area contributed by atoms with Crippen LogP contribution >= 0.6 is 0 Å². The molecule has 0 amide bonds. The SMILES string of the molecule is CC(C)(C)OCC(O)CCCc1ccccc1. The fraction of sp³-hybridized carbons (Fsp3) is 0.600. The third-order valence-electron chi connectivity index (χ3n) is 2.55. The number of hydrogen-bond donors (Lipinski definition) is 1. The highest BCUT2D eigenvalue weighted by atomic mass is 16.5. The van der Waals surface area contributed by atoms with Gasteiger partial charge in [-0.05, 0) is 45.6 Å². The van der Waals surface area contributed by atoms with Crippen LogP contribution in [0.3, 0.4) is 0 Å². The van der Waals surface area contributed by atoms with Crippen LogP contribution in [0.1, 0.15) is 39.2 Å². The van der Waals surface area contributed by atoms with E-state index in [1.54, 1.807) is 0 Å². The van der Waals surface area contributed by atoms with Gasteiger partial charge in [0.15, 0.2) is 0 Å². The van der Waals surface area contributed by atoms with Crippen molar-refractivity contribution in [3.63, 3.8) is 0 Å². The smallest absolute Gasteiger partial charge is 0.0774 e. The molecule has 1 aromatic carbocycles. The Labute approximate surface area is 105 Å². The molecule has 1 unspecified atom stereocenters. The maximum Gasteiger partial charge on any atom is 0.0774 e. The number of aliphatic hydroxyl groups excluding tert-OH is 1. The Balaban J connectivity index is 2.14. The lowest BCUT2D eigenvalue weighted by molar-refractivity contribution is -0.0507. The monoisotopic (exact) mass is 236 g/mol. The summed E-state index contributed by atoms with van der Waals surface area (Å²) in [5, 5.41) is 9.77. The van der Waals surface area contributed by atoms with Crippen LogP contribution in [-0.4, -0.2) is 23.4 Å². The van der Waals surface area contributed by atoms with E-state index in [4.69, 9.17) is 4.74 Å². The highest BCUT2D eigenvalue weighted by Gasteiger charge is 2.13. The average molecular weight is 236 g/mol. The van der Waals surface area contributed by atoms with E-state index in [1.165, 1.54) is 5.56 Å². The van der Waals surface area contributed by atoms with Gasteiger partial charge >= 0.3 is 0 Å². The first-order valence-corrected chi connectivity index (χ1v) is 6.33. The van der Waals surface area contributed by atoms with Crippen LogP contribution in [0, 0.1) is 0 Å². The van der Waals surface area contributed by atoms with Crippen LogP contribution in [0.2, 0.25) is 0 Å². The standard InChI is InChI=1S/C15H24O2/c1-15(2,3)17-12-14(16)11-7-10-13-8-5-4-6-9-13/h4-6,8-9,14,16H,7,10-12H2,1-3H3. The second kappa shape index (κ2) is 6.77. The first-order chi connectivity index (χ1) is 7.97. The van der Waals surface area contributed by atoms with Gasteiger partial charge < -0.3 is 9.84 Å². The van der Waals surface area contributed by atoms with E-state index in [1.807, 2.05) is 26.8 Å². The van der Waals surface area contributed by atoms with E-state index in [2.05, 4.69) is 24.3 Å². The van der Waals surface area contributed by atoms with Gasteiger partial charge in [-0.2, -0.15) is 0 Å². The summed E-state index contributed by atoms with van der Waals surface area (Å²) >= 11 is 0. The van der Waals surface area contributed by atoms with E-state index < -0.39 is 0 Å². The largest absolute Gasteiger partial charge is 0.391 e. The van der Waals surface area contributed by atoms with Crippen molar-refractivity contribution in [2.24, 2.45) is 0 Å². The molecule has 0 fully saturated rings. The van der Waals surface area contributed by atoms with Crippen molar-refractivity contribution in [3.05, 3.63) is 35.9 Å². The molecule has 0 aliphatic rings. The maximum absolute atomic E-state index is 9.77. The third kappa shape index (κ3) is 7.14. The molecule has 17 heavy (non-hydrogen) atoms. The maximum atomic E-state index is 9.77. The van der Waals surface area contributed by atoms with Crippen molar-refractivity contribution in [3.8, 4) is 0 Å². The van der Waals surface area contributed by atoms with Gasteiger partial charge in [0.25, 0.3) is 0 Å². The Hall–Kier alpha value is -0.860. The summed E-state index contributed by atoms with van der Waals surface area (Å²) in [6.07, 6.45) is 2.47. The highest BCUT2D eigenvalue weighted by Crippen LogP contribution is 2.10. The molecule has 0 aliphatic carbocycles. The fourth-order valence-corrected chi connectivity index (χ4v) is 1.62. The van der Waals surface area contributed by atoms with Gasteiger partial charge in [-0.3, -0.25) is 0 Å². The predicted octanol–water partition coefficient (Wildman–Crippen LogP) is 3.19. The summed E-state index contributed by atoms with van der Waals surface area (Å²) in [5.74, 6) is 0. The molecule has 1 N–H and O–H groups in total. The summed E-state index contributed by atoms with van der Waals surface area (Å²) in [7, 11) is 0. The number of ether oxygens (including phenoxy) is 1. The molecule has 0 saturated carbocycles. The van der Waals surface area contributed by atoms with Gasteiger partial charge in [0.2, 0.25) is 0 Å². The zero-order valence-corrected chi connectivity index (χ0v) is 11.1. The van der Waals surface area contributed by atoms with Crippen molar-refractivity contribution >= 4 is 0 Å². The minimum atomic E-state index is -0.349. The van der Waals surface area contributed by atoms with Crippen LogP contribution in [0.15, 0.2) is 30.3 Å². The Morgan fingerprint density at radius 1 is 1.18 bits per heavy atom. The van der Waals surface area contributed by atoms with Crippen LogP contribution in [0.25, 0.3) is 0 Å². The van der Waals surface area contributed by atoms with Crippen molar-refractivity contribution in [1.29, 1.82) is 0 Å². The second-order valence-electron chi connectivity index (χ2n) is 5.46. The van der Waals surface area contributed by atoms with Gasteiger partial charge in [0.05, 0.1) is 18.3 Å². The molecular formula is C15H24O2. The summed E-state index contributed by atoms with van der Waals surface area (Å²) in [6.45, 7) is 6.44. The lowest BCUT2D eigenvalue weighted by Crippen LogP contribution is -2.26. The van der Waals surface area contributed by atoms with Crippen molar-refractivity contribution in [1.82, 2.24) is 0 Å². The van der Waals surface area contributed by atoms with Gasteiger partial charge in [-0.25, -0.2) is 0 Å². The molecule has 1 atom stereocenters. The van der Waals surface area contributed by atoms with Gasteiger partial charge in [-0.15, -0.1) is 0 Å². The summed E-state index contributed by atoms with van der Waals surface area (Å²) in [4.78, 5) is 0. The average Bonchev–Trinajstić information content (AvgIpc) is 2.27. The highest BCUT2D eigenvalue weighted by molar-refractivity contribution is 5.14. The number of benzene rings is 1. The molecule has 1 rings (SSSR count). The summed E-state index contributed by atoms with van der Waals surface area (Å²) in [6, 6.07) is 10.4. The molecule has 2 nitrogen and oxygen atoms in total. The van der Waals surface area contributed by atoms with Gasteiger partial charge in [0.1, 0.15) is 0 Å². The number of aryl methyl sites for hydroxylation is 1. The minimum Gasteiger partial charge on any atom is -0.391 e. The van der Waals surface area contributed by atoms with Crippen molar-refractivity contribution in [2.45, 2.75) is 51.7 Å². The van der Waals surface area contributed by atoms with Crippen LogP contribution in [0.4, 0.5) is 0 Å². The number of hydrogen-bond acceptors (Lipinski definition) is 2. The quantitative estimate of drug-likeness (QED) is 0.822. The fourth-order valence-electron chi connectivity index (χ4n) is 1.62. The summed E-state index contributed by atoms with van der Waals surface area (Å²) in [5.41, 5.74) is 1.16. The first-order valence-electron chi connectivity index (χ1n) is 6.33. The zero-order chi connectivity index (χ0) is 12.7. The van der Waals surface area contributed by atoms with Crippen LogP contribution in [-0.2, 0) is 11.2 Å². The van der Waals surface area contributed by atoms with Crippen molar-refractivity contribution < 1.29 is 9.84 Å². The molecule has 0 spiro atoms. The molecule has 2 heteroatoms. The number of rotatable bonds is 6. The van der Waals surface area contributed by atoms with E-state index in [-0.39, 0.29) is 11.7 Å². The van der Waals surface area contributed by atoms with Gasteiger partial charge in [0, 0.05) is 0 Å². The molecule has 0 aliphatic heterocycles. The molecule has 1 aromatic rings. The van der Waals surface area contributed by atoms with E-state index in [0.717, 1.165) is 19.3 Å². The van der Waals surface area contributed by atoms with E-state index in [0.29, 0.717) is 6.61 Å². The van der Waals surface area contributed by atoms with Crippen molar-refractivity contribution in [2.75, 3.05) is 6.61 Å².